The Bertz CT molecular complexity index is 178. The summed E-state index contributed by atoms with van der Waals surface area (Å²) in [6.45, 7) is 9.33. The SMILES string of the molecule is CN/C(C)=C\C(C)=N/CC(C)C. The Kier molecular flexibility index (Phi) is 5.43. The van der Waals surface area contributed by atoms with Crippen molar-refractivity contribution >= 4 is 5.71 Å². The van der Waals surface area contributed by atoms with Crippen molar-refractivity contribution in [2.45, 2.75) is 27.7 Å². The second-order valence-corrected chi connectivity index (χ2v) is 3.45. The van der Waals surface area contributed by atoms with E-state index >= 15 is 0 Å². The molecule has 1 N–H and O–H groups in total. The van der Waals surface area contributed by atoms with Crippen molar-refractivity contribution in [3.05, 3.63) is 11.8 Å². The quantitative estimate of drug-likeness (QED) is 0.640. The summed E-state index contributed by atoms with van der Waals surface area (Å²) in [5, 5.41) is 3.06. The number of aliphatic imine (C=N–C) groups is 1. The summed E-state index contributed by atoms with van der Waals surface area (Å²) in [6.07, 6.45) is 2.06. The summed E-state index contributed by atoms with van der Waals surface area (Å²) in [4.78, 5) is 4.41. The molecule has 0 rings (SSSR count). The number of nitrogens with one attached hydrogen (secondary N) is 1. The molecule has 2 heteroatoms. The van der Waals surface area contributed by atoms with E-state index in [1.54, 1.807) is 0 Å². The lowest BCUT2D eigenvalue weighted by molar-refractivity contribution is 0.666. The van der Waals surface area contributed by atoms with Gasteiger partial charge in [0.2, 0.25) is 0 Å². The summed E-state index contributed by atoms with van der Waals surface area (Å²) >= 11 is 0. The fraction of sp³-hybridized carbons (Fsp3) is 0.700. The second kappa shape index (κ2) is 5.81. The maximum atomic E-state index is 4.41. The highest BCUT2D eigenvalue weighted by atomic mass is 14.8. The van der Waals surface area contributed by atoms with Crippen LogP contribution in [0.2, 0.25) is 0 Å². The predicted molar refractivity (Wildman–Crippen MR) is 55.6 cm³/mol. The molecule has 0 heterocycles. The molecule has 0 unspecified atom stereocenters. The van der Waals surface area contributed by atoms with Crippen LogP contribution in [0.5, 0.6) is 0 Å². The maximum absolute atomic E-state index is 4.41. The molecule has 0 atom stereocenters. The third-order valence-electron chi connectivity index (χ3n) is 1.53. The average molecular weight is 168 g/mol. The minimum absolute atomic E-state index is 0.642. The van der Waals surface area contributed by atoms with Crippen LogP contribution in [0.25, 0.3) is 0 Å². The van der Waals surface area contributed by atoms with E-state index < -0.39 is 0 Å². The molecule has 12 heavy (non-hydrogen) atoms. The van der Waals surface area contributed by atoms with E-state index in [9.17, 15) is 0 Å². The second-order valence-electron chi connectivity index (χ2n) is 3.45. The van der Waals surface area contributed by atoms with E-state index in [1.807, 2.05) is 20.9 Å². The molecule has 0 saturated heterocycles. The van der Waals surface area contributed by atoms with E-state index in [0.717, 1.165) is 18.0 Å². The Morgan fingerprint density at radius 3 is 2.42 bits per heavy atom. The van der Waals surface area contributed by atoms with Crippen molar-refractivity contribution < 1.29 is 0 Å². The van der Waals surface area contributed by atoms with Crippen LogP contribution in [-0.2, 0) is 0 Å². The Hall–Kier alpha value is -0.790. The lowest BCUT2D eigenvalue weighted by Gasteiger charge is -2.01. The van der Waals surface area contributed by atoms with Gasteiger partial charge in [0.25, 0.3) is 0 Å². The number of allylic oxidation sites excluding steroid dienone is 2. The lowest BCUT2D eigenvalue weighted by atomic mass is 10.2. The van der Waals surface area contributed by atoms with Gasteiger partial charge in [0.05, 0.1) is 0 Å². The van der Waals surface area contributed by atoms with Gasteiger partial charge in [0.1, 0.15) is 0 Å². The Labute approximate surface area is 75.8 Å². The third kappa shape index (κ3) is 5.96. The summed E-state index contributed by atoms with van der Waals surface area (Å²) in [5.41, 5.74) is 2.25. The maximum Gasteiger partial charge on any atom is 0.0415 e. The molecule has 0 aliphatic rings. The Morgan fingerprint density at radius 1 is 1.42 bits per heavy atom. The van der Waals surface area contributed by atoms with Crippen LogP contribution >= 0.6 is 0 Å². The lowest BCUT2D eigenvalue weighted by Crippen LogP contribution is -2.04. The average Bonchev–Trinajstić information content (AvgIpc) is 2.00. The van der Waals surface area contributed by atoms with Crippen LogP contribution < -0.4 is 5.32 Å². The first-order valence-electron chi connectivity index (χ1n) is 4.43. The van der Waals surface area contributed by atoms with Crippen molar-refractivity contribution in [2.24, 2.45) is 10.9 Å². The monoisotopic (exact) mass is 168 g/mol. The highest BCUT2D eigenvalue weighted by Gasteiger charge is 1.91. The molecule has 0 radical (unpaired) electrons. The van der Waals surface area contributed by atoms with Gasteiger partial charge in [-0.1, -0.05) is 13.8 Å². The molecule has 0 saturated carbocycles. The first-order valence-corrected chi connectivity index (χ1v) is 4.43. The third-order valence-corrected chi connectivity index (χ3v) is 1.53. The van der Waals surface area contributed by atoms with Gasteiger partial charge < -0.3 is 5.32 Å². The minimum atomic E-state index is 0.642. The number of rotatable bonds is 4. The summed E-state index contributed by atoms with van der Waals surface area (Å²) in [5.74, 6) is 0.642. The van der Waals surface area contributed by atoms with Gasteiger partial charge >= 0.3 is 0 Å². The van der Waals surface area contributed by atoms with Crippen molar-refractivity contribution in [3.8, 4) is 0 Å². The Morgan fingerprint density at radius 2 is 2.00 bits per heavy atom. The smallest absolute Gasteiger partial charge is 0.0415 e. The standard InChI is InChI=1S/C10H20N2/c1-8(2)7-12-10(4)6-9(3)11-5/h6,8,11H,7H2,1-5H3/b9-6-,12-10-. The van der Waals surface area contributed by atoms with Gasteiger partial charge in [-0.05, 0) is 25.8 Å². The van der Waals surface area contributed by atoms with Crippen molar-refractivity contribution in [3.63, 3.8) is 0 Å². The molecule has 0 aliphatic heterocycles. The van der Waals surface area contributed by atoms with Crippen LogP contribution in [0.15, 0.2) is 16.8 Å². The fourth-order valence-electron chi connectivity index (χ4n) is 0.758. The van der Waals surface area contributed by atoms with E-state index in [1.165, 1.54) is 0 Å². The van der Waals surface area contributed by atoms with E-state index in [4.69, 9.17) is 0 Å². The first-order chi connectivity index (χ1) is 5.56. The summed E-state index contributed by atoms with van der Waals surface area (Å²) in [7, 11) is 1.92. The van der Waals surface area contributed by atoms with Crippen LogP contribution in [0, 0.1) is 5.92 Å². The summed E-state index contributed by atoms with van der Waals surface area (Å²) < 4.78 is 0. The zero-order valence-corrected chi connectivity index (χ0v) is 8.81. The number of hydrogen-bond donors (Lipinski definition) is 1. The molecule has 0 bridgehead atoms. The minimum Gasteiger partial charge on any atom is -0.392 e. The highest BCUT2D eigenvalue weighted by Crippen LogP contribution is 1.94. The molecule has 70 valence electrons. The Balaban J connectivity index is 4.01. The van der Waals surface area contributed by atoms with Crippen LogP contribution in [0.4, 0.5) is 0 Å². The van der Waals surface area contributed by atoms with Crippen molar-refractivity contribution in [1.29, 1.82) is 0 Å². The van der Waals surface area contributed by atoms with Crippen LogP contribution in [0.1, 0.15) is 27.7 Å². The van der Waals surface area contributed by atoms with Crippen molar-refractivity contribution in [2.75, 3.05) is 13.6 Å². The van der Waals surface area contributed by atoms with Gasteiger partial charge in [-0.25, -0.2) is 0 Å². The van der Waals surface area contributed by atoms with E-state index in [2.05, 4.69) is 30.2 Å². The normalized spacial score (nSPS) is 13.8. The van der Waals surface area contributed by atoms with Gasteiger partial charge in [-0.2, -0.15) is 0 Å². The molecular formula is C10H20N2. The molecule has 0 aromatic rings. The molecule has 0 aliphatic carbocycles. The largest absolute Gasteiger partial charge is 0.392 e. The van der Waals surface area contributed by atoms with Crippen molar-refractivity contribution in [1.82, 2.24) is 5.32 Å². The molecular weight excluding hydrogens is 148 g/mol. The fourth-order valence-corrected chi connectivity index (χ4v) is 0.758. The zero-order valence-electron chi connectivity index (χ0n) is 8.81. The number of hydrogen-bond acceptors (Lipinski definition) is 2. The topological polar surface area (TPSA) is 24.4 Å². The zero-order chi connectivity index (χ0) is 9.56. The van der Waals surface area contributed by atoms with Gasteiger partial charge in [-0.3, -0.25) is 4.99 Å². The summed E-state index contributed by atoms with van der Waals surface area (Å²) in [6, 6.07) is 0. The molecule has 0 aromatic carbocycles. The molecule has 0 aromatic heterocycles. The molecule has 0 spiro atoms. The van der Waals surface area contributed by atoms with Gasteiger partial charge in [0, 0.05) is 25.0 Å². The first kappa shape index (κ1) is 11.2. The molecule has 2 nitrogen and oxygen atoms in total. The van der Waals surface area contributed by atoms with E-state index in [-0.39, 0.29) is 0 Å². The highest BCUT2D eigenvalue weighted by molar-refractivity contribution is 5.93. The van der Waals surface area contributed by atoms with E-state index in [0.29, 0.717) is 5.92 Å². The van der Waals surface area contributed by atoms with Crippen LogP contribution in [0.3, 0.4) is 0 Å². The van der Waals surface area contributed by atoms with Crippen LogP contribution in [-0.4, -0.2) is 19.3 Å². The van der Waals surface area contributed by atoms with Gasteiger partial charge in [0.15, 0.2) is 0 Å². The molecule has 0 fully saturated rings. The predicted octanol–water partition coefficient (Wildman–Crippen LogP) is 2.23. The molecule has 0 amide bonds. The number of nitrogens with zero attached hydrogens (tertiary/aromatic N) is 1. The van der Waals surface area contributed by atoms with Gasteiger partial charge in [-0.15, -0.1) is 0 Å².